The van der Waals surface area contributed by atoms with Gasteiger partial charge in [-0.2, -0.15) is 0 Å². The molecule has 2 aliphatic rings. The number of benzene rings is 1. The second-order valence-corrected chi connectivity index (χ2v) is 7.02. The molecular weight excluding hydrogens is 314 g/mol. The van der Waals surface area contributed by atoms with E-state index in [4.69, 9.17) is 17.3 Å². The maximum absolute atomic E-state index is 12.1. The van der Waals surface area contributed by atoms with Gasteiger partial charge in [-0.25, -0.2) is 0 Å². The van der Waals surface area contributed by atoms with E-state index >= 15 is 0 Å². The van der Waals surface area contributed by atoms with E-state index in [1.54, 1.807) is 4.90 Å². The van der Waals surface area contributed by atoms with Crippen molar-refractivity contribution in [1.29, 1.82) is 0 Å². The molecule has 23 heavy (non-hydrogen) atoms. The van der Waals surface area contributed by atoms with E-state index in [0.717, 1.165) is 30.4 Å². The van der Waals surface area contributed by atoms with E-state index < -0.39 is 11.8 Å². The minimum absolute atomic E-state index is 0.0792. The number of nitrogens with zero attached hydrogens (tertiary/aromatic N) is 2. The molecule has 2 saturated heterocycles. The molecule has 2 amide bonds. The molecule has 2 N–H and O–H groups in total. The number of halogens is 1. The molecule has 0 aliphatic carbocycles. The monoisotopic (exact) mass is 335 g/mol. The van der Waals surface area contributed by atoms with E-state index in [1.165, 1.54) is 12.8 Å². The molecule has 0 bridgehead atoms. The first-order valence-electron chi connectivity index (χ1n) is 8.10. The standard InChI is InChI=1S/C17H22ClN3O2/c1-11-4-6-20(7-5-11)15-3-2-13(9-14(15)18)21-10-12(17(19)23)8-16(21)22/h2-3,9,11-12H,4-8,10H2,1H3,(H2,19,23)/t12-/m0/s1. The van der Waals surface area contributed by atoms with Gasteiger partial charge in [-0.1, -0.05) is 18.5 Å². The van der Waals surface area contributed by atoms with Gasteiger partial charge >= 0.3 is 0 Å². The Hall–Kier alpha value is -1.75. The number of primary amides is 1. The number of piperidine rings is 1. The number of amides is 2. The molecule has 1 aromatic rings. The summed E-state index contributed by atoms with van der Waals surface area (Å²) in [5.74, 6) is -0.155. The van der Waals surface area contributed by atoms with Crippen LogP contribution in [0.5, 0.6) is 0 Å². The molecule has 2 aliphatic heterocycles. The maximum atomic E-state index is 12.1. The first kappa shape index (κ1) is 16.1. The molecular formula is C17H22ClN3O2. The Kier molecular flexibility index (Phi) is 4.48. The van der Waals surface area contributed by atoms with Crippen molar-refractivity contribution in [1.82, 2.24) is 0 Å². The highest BCUT2D eigenvalue weighted by molar-refractivity contribution is 6.33. The summed E-state index contributed by atoms with van der Waals surface area (Å²) in [7, 11) is 0. The van der Waals surface area contributed by atoms with E-state index in [-0.39, 0.29) is 12.3 Å². The lowest BCUT2D eigenvalue weighted by molar-refractivity contribution is -0.123. The Morgan fingerprint density at radius 1 is 1.30 bits per heavy atom. The smallest absolute Gasteiger partial charge is 0.227 e. The SMILES string of the molecule is CC1CCN(c2ccc(N3C[C@@H](C(N)=O)CC3=O)cc2Cl)CC1. The lowest BCUT2D eigenvalue weighted by atomic mass is 9.99. The minimum Gasteiger partial charge on any atom is -0.370 e. The average molecular weight is 336 g/mol. The summed E-state index contributed by atoms with van der Waals surface area (Å²) in [5.41, 5.74) is 7.06. The van der Waals surface area contributed by atoms with Crippen LogP contribution in [-0.2, 0) is 9.59 Å². The van der Waals surface area contributed by atoms with Gasteiger partial charge in [0.2, 0.25) is 11.8 Å². The van der Waals surface area contributed by atoms with Crippen molar-refractivity contribution in [3.8, 4) is 0 Å². The first-order chi connectivity index (χ1) is 11.0. The largest absolute Gasteiger partial charge is 0.370 e. The minimum atomic E-state index is -0.425. The van der Waals surface area contributed by atoms with Gasteiger partial charge in [0.15, 0.2) is 0 Å². The van der Waals surface area contributed by atoms with Gasteiger partial charge in [0.05, 0.1) is 16.6 Å². The Morgan fingerprint density at radius 3 is 2.57 bits per heavy atom. The first-order valence-corrected chi connectivity index (χ1v) is 8.47. The van der Waals surface area contributed by atoms with Gasteiger partial charge in [-0.05, 0) is 37.0 Å². The predicted octanol–water partition coefficient (Wildman–Crippen LogP) is 2.41. The van der Waals surface area contributed by atoms with Crippen LogP contribution in [0.4, 0.5) is 11.4 Å². The van der Waals surface area contributed by atoms with Crippen LogP contribution in [0.25, 0.3) is 0 Å². The number of anilines is 2. The van der Waals surface area contributed by atoms with Gasteiger partial charge in [0.25, 0.3) is 0 Å². The third kappa shape index (κ3) is 3.29. The van der Waals surface area contributed by atoms with Crippen molar-refractivity contribution in [2.45, 2.75) is 26.2 Å². The second kappa shape index (κ2) is 6.40. The van der Waals surface area contributed by atoms with E-state index in [2.05, 4.69) is 11.8 Å². The molecule has 3 rings (SSSR count). The lowest BCUT2D eigenvalue weighted by Gasteiger charge is -2.33. The number of carbonyl (C=O) groups is 2. The summed E-state index contributed by atoms with van der Waals surface area (Å²) in [6, 6.07) is 5.69. The number of carbonyl (C=O) groups excluding carboxylic acids is 2. The Morgan fingerprint density at radius 2 is 2.00 bits per heavy atom. The summed E-state index contributed by atoms with van der Waals surface area (Å²) in [5, 5.41) is 0.646. The highest BCUT2D eigenvalue weighted by Gasteiger charge is 2.34. The number of rotatable bonds is 3. The van der Waals surface area contributed by atoms with E-state index in [0.29, 0.717) is 11.6 Å². The van der Waals surface area contributed by atoms with E-state index in [9.17, 15) is 9.59 Å². The lowest BCUT2D eigenvalue weighted by Crippen LogP contribution is -2.33. The zero-order valence-electron chi connectivity index (χ0n) is 13.3. The number of hydrogen-bond acceptors (Lipinski definition) is 3. The molecule has 1 atom stereocenters. The van der Waals surface area contributed by atoms with Crippen molar-refractivity contribution < 1.29 is 9.59 Å². The highest BCUT2D eigenvalue weighted by atomic mass is 35.5. The molecule has 5 nitrogen and oxygen atoms in total. The molecule has 124 valence electrons. The summed E-state index contributed by atoms with van der Waals surface area (Å²) in [6.07, 6.45) is 2.52. The molecule has 0 spiro atoms. The Balaban J connectivity index is 1.77. The summed E-state index contributed by atoms with van der Waals surface area (Å²) in [4.78, 5) is 27.3. The molecule has 2 fully saturated rings. The fraction of sp³-hybridized carbons (Fsp3) is 0.529. The quantitative estimate of drug-likeness (QED) is 0.922. The van der Waals surface area contributed by atoms with Crippen LogP contribution in [-0.4, -0.2) is 31.4 Å². The maximum Gasteiger partial charge on any atom is 0.227 e. The molecule has 6 heteroatoms. The van der Waals surface area contributed by atoms with Crippen molar-refractivity contribution in [3.63, 3.8) is 0 Å². The number of nitrogens with two attached hydrogens (primary N) is 1. The van der Waals surface area contributed by atoms with Crippen molar-refractivity contribution in [2.24, 2.45) is 17.6 Å². The summed E-state index contributed by atoms with van der Waals surface area (Å²) >= 11 is 6.45. The topological polar surface area (TPSA) is 66.6 Å². The van der Waals surface area contributed by atoms with Crippen molar-refractivity contribution >= 4 is 34.8 Å². The summed E-state index contributed by atoms with van der Waals surface area (Å²) in [6.45, 7) is 4.63. The Labute approximate surface area is 141 Å². The zero-order chi connectivity index (χ0) is 16.6. The molecule has 2 heterocycles. The van der Waals surface area contributed by atoms with Gasteiger partial charge in [0.1, 0.15) is 0 Å². The zero-order valence-corrected chi connectivity index (χ0v) is 14.1. The number of hydrogen-bond donors (Lipinski definition) is 1. The van der Waals surface area contributed by atoms with Crippen LogP contribution in [0.1, 0.15) is 26.2 Å². The van der Waals surface area contributed by atoms with Gasteiger partial charge in [-0.15, -0.1) is 0 Å². The van der Waals surface area contributed by atoms with Gasteiger partial charge in [-0.3, -0.25) is 9.59 Å². The van der Waals surface area contributed by atoms with Crippen LogP contribution in [0.15, 0.2) is 18.2 Å². The average Bonchev–Trinajstić information content (AvgIpc) is 2.90. The fourth-order valence-corrected chi connectivity index (χ4v) is 3.61. The van der Waals surface area contributed by atoms with Crippen LogP contribution in [0.2, 0.25) is 5.02 Å². The van der Waals surface area contributed by atoms with E-state index in [1.807, 2.05) is 18.2 Å². The van der Waals surface area contributed by atoms with Crippen molar-refractivity contribution in [3.05, 3.63) is 23.2 Å². The van der Waals surface area contributed by atoms with Crippen LogP contribution in [0.3, 0.4) is 0 Å². The molecule has 0 radical (unpaired) electrons. The molecule has 0 saturated carbocycles. The van der Waals surface area contributed by atoms with Crippen molar-refractivity contribution in [2.75, 3.05) is 29.4 Å². The van der Waals surface area contributed by atoms with Gasteiger partial charge < -0.3 is 15.5 Å². The molecule has 0 unspecified atom stereocenters. The molecule has 1 aromatic carbocycles. The molecule has 0 aromatic heterocycles. The van der Waals surface area contributed by atoms with Crippen LogP contribution in [0, 0.1) is 11.8 Å². The fourth-order valence-electron chi connectivity index (χ4n) is 3.32. The predicted molar refractivity (Wildman–Crippen MR) is 91.7 cm³/mol. The Bertz CT molecular complexity index is 626. The summed E-state index contributed by atoms with van der Waals surface area (Å²) < 4.78 is 0. The third-order valence-corrected chi connectivity index (χ3v) is 5.20. The third-order valence-electron chi connectivity index (χ3n) is 4.89. The normalized spacial score (nSPS) is 22.7. The highest BCUT2D eigenvalue weighted by Crippen LogP contribution is 2.34. The van der Waals surface area contributed by atoms with Crippen LogP contribution < -0.4 is 15.5 Å². The second-order valence-electron chi connectivity index (χ2n) is 6.61. The van der Waals surface area contributed by atoms with Gasteiger partial charge in [0, 0.05) is 31.7 Å². The van der Waals surface area contributed by atoms with Crippen LogP contribution >= 0.6 is 11.6 Å².